The molecule has 2 amide bonds. The SMILES string of the molecule is CCCNC(=O)[C@H](CC)N(Cc1ccc(Cl)cc1)C(=O)CCCN(c1ccc(CC)cc1)S(C)(=O)=O. The molecular weight excluding hydrogens is 498 g/mol. The van der Waals surface area contributed by atoms with E-state index in [-0.39, 0.29) is 31.3 Å². The van der Waals surface area contributed by atoms with Crippen molar-refractivity contribution in [3.05, 3.63) is 64.7 Å². The van der Waals surface area contributed by atoms with Gasteiger partial charge in [0.1, 0.15) is 6.04 Å². The molecule has 0 aliphatic rings. The van der Waals surface area contributed by atoms with Gasteiger partial charge in [0.25, 0.3) is 0 Å². The predicted octanol–water partition coefficient (Wildman–Crippen LogP) is 4.78. The maximum Gasteiger partial charge on any atom is 0.242 e. The lowest BCUT2D eigenvalue weighted by Gasteiger charge is -2.31. The number of halogens is 1. The zero-order chi connectivity index (χ0) is 26.7. The lowest BCUT2D eigenvalue weighted by atomic mass is 10.1. The molecule has 9 heteroatoms. The van der Waals surface area contributed by atoms with Crippen LogP contribution in [0.2, 0.25) is 5.02 Å². The van der Waals surface area contributed by atoms with E-state index in [4.69, 9.17) is 11.6 Å². The summed E-state index contributed by atoms with van der Waals surface area (Å²) in [5.41, 5.74) is 2.56. The van der Waals surface area contributed by atoms with E-state index in [1.165, 1.54) is 10.6 Å². The van der Waals surface area contributed by atoms with Gasteiger partial charge in [0, 0.05) is 31.1 Å². The first-order valence-corrected chi connectivity index (χ1v) is 14.7. The first-order chi connectivity index (χ1) is 17.1. The van der Waals surface area contributed by atoms with E-state index in [0.29, 0.717) is 30.1 Å². The van der Waals surface area contributed by atoms with Crippen LogP contribution in [-0.2, 0) is 32.6 Å². The molecule has 2 aromatic carbocycles. The molecule has 0 aromatic heterocycles. The molecule has 2 aromatic rings. The van der Waals surface area contributed by atoms with Crippen LogP contribution in [0.15, 0.2) is 48.5 Å². The number of nitrogens with one attached hydrogen (secondary N) is 1. The zero-order valence-corrected chi connectivity index (χ0v) is 23.2. The minimum absolute atomic E-state index is 0.115. The van der Waals surface area contributed by atoms with Crippen molar-refractivity contribution in [3.8, 4) is 0 Å². The normalized spacial score (nSPS) is 12.1. The second-order valence-electron chi connectivity index (χ2n) is 8.82. The third-order valence-electron chi connectivity index (χ3n) is 5.99. The van der Waals surface area contributed by atoms with Gasteiger partial charge < -0.3 is 10.2 Å². The largest absolute Gasteiger partial charge is 0.354 e. The van der Waals surface area contributed by atoms with E-state index in [1.54, 1.807) is 29.2 Å². The number of aryl methyl sites for hydroxylation is 1. The Hall–Kier alpha value is -2.58. The summed E-state index contributed by atoms with van der Waals surface area (Å²) in [6.07, 6.45) is 3.74. The number of carbonyl (C=O) groups excluding carboxylic acids is 2. The molecule has 0 unspecified atom stereocenters. The molecule has 0 saturated carbocycles. The summed E-state index contributed by atoms with van der Waals surface area (Å²) in [7, 11) is -3.52. The van der Waals surface area contributed by atoms with Crippen LogP contribution < -0.4 is 9.62 Å². The van der Waals surface area contributed by atoms with Gasteiger partial charge >= 0.3 is 0 Å². The van der Waals surface area contributed by atoms with Crippen molar-refractivity contribution >= 4 is 39.1 Å². The minimum atomic E-state index is -3.52. The monoisotopic (exact) mass is 535 g/mol. The number of amides is 2. The van der Waals surface area contributed by atoms with Crippen LogP contribution in [0.5, 0.6) is 0 Å². The van der Waals surface area contributed by atoms with Gasteiger partial charge in [-0.05, 0) is 61.1 Å². The number of rotatable bonds is 14. The van der Waals surface area contributed by atoms with E-state index in [0.717, 1.165) is 24.0 Å². The van der Waals surface area contributed by atoms with Crippen molar-refractivity contribution in [3.63, 3.8) is 0 Å². The van der Waals surface area contributed by atoms with Crippen molar-refractivity contribution in [2.75, 3.05) is 23.7 Å². The molecule has 1 atom stereocenters. The van der Waals surface area contributed by atoms with E-state index in [9.17, 15) is 18.0 Å². The molecule has 0 spiro atoms. The molecule has 2 rings (SSSR count). The fraction of sp³-hybridized carbons (Fsp3) is 0.481. The van der Waals surface area contributed by atoms with Crippen LogP contribution in [-0.4, -0.2) is 50.5 Å². The Morgan fingerprint density at radius 2 is 1.58 bits per heavy atom. The highest BCUT2D eigenvalue weighted by Gasteiger charge is 2.28. The summed E-state index contributed by atoms with van der Waals surface area (Å²) >= 11 is 6.01. The number of carbonyl (C=O) groups is 2. The highest BCUT2D eigenvalue weighted by molar-refractivity contribution is 7.92. The van der Waals surface area contributed by atoms with E-state index >= 15 is 0 Å². The maximum absolute atomic E-state index is 13.4. The Labute approximate surface area is 220 Å². The first kappa shape index (κ1) is 29.6. The fourth-order valence-corrected chi connectivity index (χ4v) is 5.07. The predicted molar refractivity (Wildman–Crippen MR) is 147 cm³/mol. The summed E-state index contributed by atoms with van der Waals surface area (Å²) in [5, 5.41) is 3.49. The molecular formula is C27H38ClN3O4S. The number of hydrogen-bond donors (Lipinski definition) is 1. The maximum atomic E-state index is 13.4. The molecule has 0 heterocycles. The Kier molecular flexibility index (Phi) is 11.7. The number of anilines is 1. The van der Waals surface area contributed by atoms with Crippen LogP contribution in [0.3, 0.4) is 0 Å². The van der Waals surface area contributed by atoms with Crippen LogP contribution >= 0.6 is 11.6 Å². The van der Waals surface area contributed by atoms with Crippen LogP contribution in [0.25, 0.3) is 0 Å². The van der Waals surface area contributed by atoms with Crippen molar-refractivity contribution in [1.82, 2.24) is 10.2 Å². The highest BCUT2D eigenvalue weighted by Crippen LogP contribution is 2.21. The molecule has 0 saturated heterocycles. The van der Waals surface area contributed by atoms with Crippen LogP contribution in [0.1, 0.15) is 57.6 Å². The van der Waals surface area contributed by atoms with E-state index in [1.807, 2.05) is 45.0 Å². The lowest BCUT2D eigenvalue weighted by Crippen LogP contribution is -2.49. The number of hydrogen-bond acceptors (Lipinski definition) is 4. The molecule has 36 heavy (non-hydrogen) atoms. The van der Waals surface area contributed by atoms with Crippen molar-refractivity contribution in [2.24, 2.45) is 0 Å². The van der Waals surface area contributed by atoms with Crippen molar-refractivity contribution in [1.29, 1.82) is 0 Å². The zero-order valence-electron chi connectivity index (χ0n) is 21.7. The van der Waals surface area contributed by atoms with Crippen molar-refractivity contribution < 1.29 is 18.0 Å². The summed E-state index contributed by atoms with van der Waals surface area (Å²) in [6.45, 7) is 6.87. The summed E-state index contributed by atoms with van der Waals surface area (Å²) in [6, 6.07) is 14.0. The minimum Gasteiger partial charge on any atom is -0.354 e. The second kappa shape index (κ2) is 14.2. The standard InChI is InChI=1S/C27H38ClN3O4S/c1-5-18-29-27(33)25(7-3)30(20-22-10-14-23(28)15-11-22)26(32)9-8-19-31(36(4,34)35)24-16-12-21(6-2)13-17-24/h10-17,25H,5-9,18-20H2,1-4H3,(H,29,33)/t25-/m0/s1. The first-order valence-electron chi connectivity index (χ1n) is 12.5. The second-order valence-corrected chi connectivity index (χ2v) is 11.2. The fourth-order valence-electron chi connectivity index (χ4n) is 3.97. The Morgan fingerprint density at radius 1 is 0.972 bits per heavy atom. The Balaban J connectivity index is 2.18. The molecule has 1 N–H and O–H groups in total. The molecule has 198 valence electrons. The number of nitrogens with zero attached hydrogens (tertiary/aromatic N) is 2. The Morgan fingerprint density at radius 3 is 2.11 bits per heavy atom. The third-order valence-corrected chi connectivity index (χ3v) is 7.43. The topological polar surface area (TPSA) is 86.8 Å². The third kappa shape index (κ3) is 8.82. The van der Waals surface area contributed by atoms with Gasteiger partial charge in [0.05, 0.1) is 11.9 Å². The highest BCUT2D eigenvalue weighted by atomic mass is 35.5. The molecule has 7 nitrogen and oxygen atoms in total. The molecule has 0 bridgehead atoms. The van der Waals surface area contributed by atoms with Gasteiger partial charge in [-0.25, -0.2) is 8.42 Å². The summed E-state index contributed by atoms with van der Waals surface area (Å²) < 4.78 is 26.3. The quantitative estimate of drug-likeness (QED) is 0.377. The Bertz CT molecular complexity index is 1090. The van der Waals surface area contributed by atoms with Crippen molar-refractivity contribution in [2.45, 2.75) is 65.5 Å². The van der Waals surface area contributed by atoms with Gasteiger partial charge in [-0.2, -0.15) is 0 Å². The molecule has 0 fully saturated rings. The molecule has 0 aliphatic carbocycles. The average molecular weight is 536 g/mol. The van der Waals surface area contributed by atoms with Gasteiger partial charge in [-0.15, -0.1) is 0 Å². The molecule has 0 aliphatic heterocycles. The van der Waals surface area contributed by atoms with Gasteiger partial charge in [-0.3, -0.25) is 13.9 Å². The summed E-state index contributed by atoms with van der Waals surface area (Å²) in [4.78, 5) is 27.8. The number of sulfonamides is 1. The van der Waals surface area contributed by atoms with Gasteiger partial charge in [0.15, 0.2) is 0 Å². The number of benzene rings is 2. The smallest absolute Gasteiger partial charge is 0.242 e. The molecule has 0 radical (unpaired) electrons. The van der Waals surface area contributed by atoms with Gasteiger partial charge in [0.2, 0.25) is 21.8 Å². The van der Waals surface area contributed by atoms with Gasteiger partial charge in [-0.1, -0.05) is 56.6 Å². The summed E-state index contributed by atoms with van der Waals surface area (Å²) in [5.74, 6) is -0.381. The van der Waals surface area contributed by atoms with E-state index < -0.39 is 16.1 Å². The van der Waals surface area contributed by atoms with E-state index in [2.05, 4.69) is 5.32 Å². The lowest BCUT2D eigenvalue weighted by molar-refractivity contribution is -0.141. The van der Waals surface area contributed by atoms with Crippen LogP contribution in [0.4, 0.5) is 5.69 Å². The average Bonchev–Trinajstić information content (AvgIpc) is 2.85. The van der Waals surface area contributed by atoms with Crippen LogP contribution in [0, 0.1) is 0 Å².